The minimum atomic E-state index is -0.620. The first kappa shape index (κ1) is 21.3. The van der Waals surface area contributed by atoms with Crippen molar-refractivity contribution in [2.24, 2.45) is 0 Å². The molecule has 0 atom stereocenters. The molecule has 3 rings (SSSR count). The largest absolute Gasteiger partial charge is 0.507 e. The molecule has 0 unspecified atom stereocenters. The fourth-order valence-corrected chi connectivity index (χ4v) is 3.54. The summed E-state index contributed by atoms with van der Waals surface area (Å²) in [5.41, 5.74) is 0.482. The Morgan fingerprint density at radius 3 is 2.80 bits per heavy atom. The summed E-state index contributed by atoms with van der Waals surface area (Å²) in [6, 6.07) is 10.8. The predicted molar refractivity (Wildman–Crippen MR) is 115 cm³/mol. The molecule has 2 aromatic carbocycles. The zero-order chi connectivity index (χ0) is 21.7. The molecule has 2 N–H and O–H groups in total. The number of amides is 1. The van der Waals surface area contributed by atoms with Crippen LogP contribution in [0.3, 0.4) is 0 Å². The quantitative estimate of drug-likeness (QED) is 0.231. The zero-order valence-electron chi connectivity index (χ0n) is 15.5. The molecule has 3 aromatic rings. The number of halogens is 1. The molecule has 154 valence electrons. The standard InChI is InChI=1S/C19H16ClN5O4S/c1-2-9-24-18(13-5-3-4-6-16(13)26)22-23-19(24)30-11-17(27)21-12-7-8-14(20)15(10-12)25(28)29/h2-8,10,26H,1,9,11H2,(H,21,27). The molecular weight excluding hydrogens is 430 g/mol. The molecule has 0 bridgehead atoms. The van der Waals surface area contributed by atoms with E-state index in [1.165, 1.54) is 18.2 Å². The van der Waals surface area contributed by atoms with Crippen LogP contribution in [0.1, 0.15) is 0 Å². The number of carbonyl (C=O) groups is 1. The number of carbonyl (C=O) groups excluding carboxylic acids is 1. The van der Waals surface area contributed by atoms with Crippen molar-refractivity contribution in [2.75, 3.05) is 11.1 Å². The fraction of sp³-hybridized carbons (Fsp3) is 0.105. The van der Waals surface area contributed by atoms with Crippen molar-refractivity contribution in [2.45, 2.75) is 11.7 Å². The predicted octanol–water partition coefficient (Wildman–Crippen LogP) is 4.13. The number of hydrogen-bond acceptors (Lipinski definition) is 7. The number of benzene rings is 2. The molecule has 1 aromatic heterocycles. The Bertz CT molecular complexity index is 1120. The lowest BCUT2D eigenvalue weighted by atomic mass is 10.2. The van der Waals surface area contributed by atoms with Gasteiger partial charge in [-0.2, -0.15) is 0 Å². The van der Waals surface area contributed by atoms with Gasteiger partial charge in [0.1, 0.15) is 10.8 Å². The van der Waals surface area contributed by atoms with Crippen molar-refractivity contribution in [1.29, 1.82) is 0 Å². The van der Waals surface area contributed by atoms with Gasteiger partial charge in [-0.1, -0.05) is 41.6 Å². The molecule has 0 fully saturated rings. The molecule has 0 aliphatic carbocycles. The van der Waals surface area contributed by atoms with Gasteiger partial charge in [0.25, 0.3) is 5.69 Å². The number of nitrogens with zero attached hydrogens (tertiary/aromatic N) is 4. The van der Waals surface area contributed by atoms with Crippen LogP contribution in [0.25, 0.3) is 11.4 Å². The highest BCUT2D eigenvalue weighted by molar-refractivity contribution is 7.99. The van der Waals surface area contributed by atoms with E-state index in [2.05, 4.69) is 22.1 Å². The van der Waals surface area contributed by atoms with Crippen LogP contribution in [-0.4, -0.2) is 36.5 Å². The number of nitro groups is 1. The lowest BCUT2D eigenvalue weighted by Gasteiger charge is -2.09. The van der Waals surface area contributed by atoms with E-state index in [9.17, 15) is 20.0 Å². The van der Waals surface area contributed by atoms with E-state index in [0.29, 0.717) is 23.1 Å². The average molecular weight is 446 g/mol. The van der Waals surface area contributed by atoms with Crippen LogP contribution in [0.5, 0.6) is 5.75 Å². The Hall–Kier alpha value is -3.37. The van der Waals surface area contributed by atoms with Gasteiger partial charge in [-0.25, -0.2) is 0 Å². The molecule has 0 spiro atoms. The monoisotopic (exact) mass is 445 g/mol. The second-order valence-corrected chi connectivity index (χ2v) is 7.33. The number of thioether (sulfide) groups is 1. The number of anilines is 1. The van der Waals surface area contributed by atoms with Crippen molar-refractivity contribution in [3.05, 3.63) is 70.3 Å². The molecule has 0 saturated carbocycles. The van der Waals surface area contributed by atoms with E-state index in [1.54, 1.807) is 34.9 Å². The maximum atomic E-state index is 12.3. The van der Waals surface area contributed by atoms with Crippen LogP contribution in [-0.2, 0) is 11.3 Å². The van der Waals surface area contributed by atoms with Gasteiger partial charge >= 0.3 is 0 Å². The number of aromatic hydroxyl groups is 1. The molecule has 0 radical (unpaired) electrons. The molecule has 9 nitrogen and oxygen atoms in total. The molecule has 11 heteroatoms. The number of rotatable bonds is 8. The number of nitrogens with one attached hydrogen (secondary N) is 1. The van der Waals surface area contributed by atoms with Gasteiger partial charge in [0.2, 0.25) is 5.91 Å². The summed E-state index contributed by atoms with van der Waals surface area (Å²) >= 11 is 6.92. The van der Waals surface area contributed by atoms with Crippen molar-refractivity contribution in [1.82, 2.24) is 14.8 Å². The lowest BCUT2D eigenvalue weighted by molar-refractivity contribution is -0.384. The number of phenols is 1. The highest BCUT2D eigenvalue weighted by atomic mass is 35.5. The second-order valence-electron chi connectivity index (χ2n) is 5.98. The highest BCUT2D eigenvalue weighted by Crippen LogP contribution is 2.30. The lowest BCUT2D eigenvalue weighted by Crippen LogP contribution is -2.14. The summed E-state index contributed by atoms with van der Waals surface area (Å²) in [4.78, 5) is 22.7. The van der Waals surface area contributed by atoms with Gasteiger partial charge in [-0.15, -0.1) is 16.8 Å². The fourth-order valence-electron chi connectivity index (χ4n) is 2.61. The molecule has 1 amide bonds. The number of phenolic OH excluding ortho intramolecular Hbond substituents is 1. The van der Waals surface area contributed by atoms with E-state index in [0.717, 1.165) is 11.8 Å². The molecule has 30 heavy (non-hydrogen) atoms. The van der Waals surface area contributed by atoms with E-state index >= 15 is 0 Å². The maximum Gasteiger partial charge on any atom is 0.289 e. The molecule has 0 saturated heterocycles. The Morgan fingerprint density at radius 2 is 2.10 bits per heavy atom. The topological polar surface area (TPSA) is 123 Å². The molecular formula is C19H16ClN5O4S. The van der Waals surface area contributed by atoms with Crippen molar-refractivity contribution in [3.8, 4) is 17.1 Å². The third-order valence-electron chi connectivity index (χ3n) is 3.93. The number of allylic oxidation sites excluding steroid dienone is 1. The summed E-state index contributed by atoms with van der Waals surface area (Å²) in [5, 5.41) is 32.4. The van der Waals surface area contributed by atoms with Crippen molar-refractivity contribution >= 4 is 40.6 Å². The maximum absolute atomic E-state index is 12.3. The Balaban J connectivity index is 1.74. The van der Waals surface area contributed by atoms with Crippen LogP contribution in [0, 0.1) is 10.1 Å². The first-order valence-electron chi connectivity index (χ1n) is 8.59. The number of aromatic nitrogens is 3. The summed E-state index contributed by atoms with van der Waals surface area (Å²) in [6.45, 7) is 4.10. The molecule has 1 heterocycles. The Morgan fingerprint density at radius 1 is 1.33 bits per heavy atom. The van der Waals surface area contributed by atoms with E-state index in [-0.39, 0.29) is 33.8 Å². The first-order chi connectivity index (χ1) is 14.4. The molecule has 0 aliphatic heterocycles. The van der Waals surface area contributed by atoms with Crippen LogP contribution in [0.2, 0.25) is 5.02 Å². The smallest absolute Gasteiger partial charge is 0.289 e. The van der Waals surface area contributed by atoms with E-state index in [1.807, 2.05) is 0 Å². The number of nitro benzene ring substituents is 1. The minimum Gasteiger partial charge on any atom is -0.507 e. The number of para-hydroxylation sites is 1. The van der Waals surface area contributed by atoms with Crippen LogP contribution in [0.4, 0.5) is 11.4 Å². The first-order valence-corrected chi connectivity index (χ1v) is 9.96. The van der Waals surface area contributed by atoms with Gasteiger partial charge in [0, 0.05) is 18.3 Å². The summed E-state index contributed by atoms with van der Waals surface area (Å²) in [5.74, 6) is 0.124. The average Bonchev–Trinajstić information content (AvgIpc) is 3.11. The van der Waals surface area contributed by atoms with Crippen LogP contribution >= 0.6 is 23.4 Å². The zero-order valence-corrected chi connectivity index (χ0v) is 17.1. The van der Waals surface area contributed by atoms with Crippen LogP contribution in [0.15, 0.2) is 60.3 Å². The van der Waals surface area contributed by atoms with Crippen molar-refractivity contribution < 1.29 is 14.8 Å². The highest BCUT2D eigenvalue weighted by Gasteiger charge is 2.18. The number of hydrogen-bond donors (Lipinski definition) is 2. The third kappa shape index (κ3) is 4.78. The van der Waals surface area contributed by atoms with Gasteiger partial charge in [-0.05, 0) is 24.3 Å². The summed E-state index contributed by atoms with van der Waals surface area (Å²) < 4.78 is 1.73. The van der Waals surface area contributed by atoms with Gasteiger partial charge in [0.05, 0.1) is 16.2 Å². The van der Waals surface area contributed by atoms with Gasteiger partial charge in [-0.3, -0.25) is 19.5 Å². The van der Waals surface area contributed by atoms with Crippen molar-refractivity contribution in [3.63, 3.8) is 0 Å². The molecule has 0 aliphatic rings. The van der Waals surface area contributed by atoms with E-state index in [4.69, 9.17) is 11.6 Å². The SMILES string of the molecule is C=CCn1c(SCC(=O)Nc2ccc(Cl)c([N+](=O)[O-])c2)nnc1-c1ccccc1O. The van der Waals surface area contributed by atoms with Crippen LogP contribution < -0.4 is 5.32 Å². The Kier molecular flexibility index (Phi) is 6.70. The summed E-state index contributed by atoms with van der Waals surface area (Å²) in [7, 11) is 0. The summed E-state index contributed by atoms with van der Waals surface area (Å²) in [6.07, 6.45) is 1.66. The Labute approximate surface area is 180 Å². The van der Waals surface area contributed by atoms with E-state index < -0.39 is 4.92 Å². The van der Waals surface area contributed by atoms with Gasteiger partial charge in [0.15, 0.2) is 11.0 Å². The minimum absolute atomic E-state index is 0.00747. The third-order valence-corrected chi connectivity index (χ3v) is 5.22. The van der Waals surface area contributed by atoms with Gasteiger partial charge < -0.3 is 10.4 Å². The second kappa shape index (κ2) is 9.42. The normalized spacial score (nSPS) is 10.6.